The molecule has 1 aromatic rings. The van der Waals surface area contributed by atoms with E-state index in [-0.39, 0.29) is 18.3 Å². The first-order valence-electron chi connectivity index (χ1n) is 8.53. The summed E-state index contributed by atoms with van der Waals surface area (Å²) in [5, 5.41) is 13.6. The number of β-amino-alcohol motifs (C(OH)–C–C–N with tert-alkyl or cyclic N) is 1. The minimum Gasteiger partial charge on any atom is -0.390 e. The molecule has 2 fully saturated rings. The zero-order valence-electron chi connectivity index (χ0n) is 14.1. The topological polar surface area (TPSA) is 52.1 Å². The number of aromatic nitrogens is 1. The summed E-state index contributed by atoms with van der Waals surface area (Å²) in [6, 6.07) is 0. The molecular formula is C16H28N4O2S. The van der Waals surface area contributed by atoms with Crippen molar-refractivity contribution >= 4 is 16.5 Å². The van der Waals surface area contributed by atoms with Crippen molar-refractivity contribution in [1.29, 1.82) is 0 Å². The summed E-state index contributed by atoms with van der Waals surface area (Å²) in [5.74, 6) is 0. The number of aliphatic hydroxyl groups excluding tert-OH is 1. The summed E-state index contributed by atoms with van der Waals surface area (Å²) in [6.07, 6.45) is 2.08. The van der Waals surface area contributed by atoms with E-state index in [1.807, 2.05) is 11.6 Å². The highest BCUT2D eigenvalue weighted by Crippen LogP contribution is 2.19. The largest absolute Gasteiger partial charge is 0.390 e. The fraction of sp³-hybridized carbons (Fsp3) is 0.812. The molecule has 0 radical (unpaired) electrons. The Morgan fingerprint density at radius 2 is 1.83 bits per heavy atom. The van der Waals surface area contributed by atoms with Crippen molar-refractivity contribution in [3.63, 3.8) is 0 Å². The van der Waals surface area contributed by atoms with Gasteiger partial charge in [-0.25, -0.2) is 4.98 Å². The Hall–Kier alpha value is -0.730. The Kier molecular flexibility index (Phi) is 5.87. The summed E-state index contributed by atoms with van der Waals surface area (Å²) in [4.78, 5) is 11.4. The van der Waals surface area contributed by atoms with Crippen LogP contribution in [0.15, 0.2) is 11.6 Å². The Labute approximate surface area is 142 Å². The maximum absolute atomic E-state index is 10.4. The van der Waals surface area contributed by atoms with Crippen LogP contribution in [0.5, 0.6) is 0 Å². The van der Waals surface area contributed by atoms with Crippen molar-refractivity contribution < 1.29 is 9.84 Å². The zero-order chi connectivity index (χ0) is 16.2. The third-order valence-electron chi connectivity index (χ3n) is 4.50. The van der Waals surface area contributed by atoms with E-state index in [1.165, 1.54) is 0 Å². The fourth-order valence-electron chi connectivity index (χ4n) is 3.58. The molecule has 0 unspecified atom stereocenters. The number of anilines is 1. The molecule has 3 heterocycles. The van der Waals surface area contributed by atoms with Crippen LogP contribution in [0.25, 0.3) is 0 Å². The van der Waals surface area contributed by atoms with Gasteiger partial charge in [-0.1, -0.05) is 0 Å². The Morgan fingerprint density at radius 3 is 2.43 bits per heavy atom. The van der Waals surface area contributed by atoms with Gasteiger partial charge in [-0.3, -0.25) is 9.80 Å². The van der Waals surface area contributed by atoms with Crippen molar-refractivity contribution in [3.8, 4) is 0 Å². The summed E-state index contributed by atoms with van der Waals surface area (Å²) in [6.45, 7) is 11.5. The van der Waals surface area contributed by atoms with Crippen LogP contribution < -0.4 is 4.90 Å². The first-order chi connectivity index (χ1) is 11.1. The van der Waals surface area contributed by atoms with Crippen molar-refractivity contribution in [2.75, 3.05) is 57.3 Å². The average Bonchev–Trinajstić information content (AvgIpc) is 3.01. The van der Waals surface area contributed by atoms with Gasteiger partial charge < -0.3 is 14.7 Å². The lowest BCUT2D eigenvalue weighted by Gasteiger charge is -2.38. The molecule has 6 nitrogen and oxygen atoms in total. The van der Waals surface area contributed by atoms with Gasteiger partial charge in [0.1, 0.15) is 0 Å². The second kappa shape index (κ2) is 7.90. The molecule has 1 N–H and O–H groups in total. The van der Waals surface area contributed by atoms with Gasteiger partial charge in [-0.05, 0) is 13.8 Å². The lowest BCUT2D eigenvalue weighted by molar-refractivity contribution is -0.0780. The first kappa shape index (κ1) is 17.1. The molecule has 7 heteroatoms. The number of thiazole rings is 1. The Morgan fingerprint density at radius 1 is 1.17 bits per heavy atom. The molecule has 3 rings (SSSR count). The maximum atomic E-state index is 10.4. The van der Waals surface area contributed by atoms with E-state index in [1.54, 1.807) is 11.3 Å². The van der Waals surface area contributed by atoms with Crippen LogP contribution in [-0.4, -0.2) is 90.6 Å². The van der Waals surface area contributed by atoms with Gasteiger partial charge >= 0.3 is 0 Å². The molecule has 130 valence electrons. The average molecular weight is 340 g/mol. The van der Waals surface area contributed by atoms with Crippen LogP contribution in [0.3, 0.4) is 0 Å². The van der Waals surface area contributed by atoms with Gasteiger partial charge in [0.05, 0.1) is 18.3 Å². The van der Waals surface area contributed by atoms with E-state index in [2.05, 4.69) is 33.5 Å². The van der Waals surface area contributed by atoms with Crippen LogP contribution in [0, 0.1) is 0 Å². The van der Waals surface area contributed by atoms with Crippen molar-refractivity contribution in [2.24, 2.45) is 0 Å². The summed E-state index contributed by atoms with van der Waals surface area (Å²) < 4.78 is 5.75. The molecule has 2 aliphatic rings. The standard InChI is InChI=1S/C16H28N4O2S/c1-13-9-19(10-14(2)22-13)12-15(21)11-18-4-6-20(7-5-18)16-17-3-8-23-16/h3,8,13-15,21H,4-7,9-12H2,1-2H3/t13-,14+,15-/m0/s1. The van der Waals surface area contributed by atoms with E-state index in [0.717, 1.165) is 57.5 Å². The Balaban J connectivity index is 1.40. The van der Waals surface area contributed by atoms with Crippen molar-refractivity contribution in [1.82, 2.24) is 14.8 Å². The normalized spacial score (nSPS) is 28.9. The zero-order valence-corrected chi connectivity index (χ0v) is 14.9. The lowest BCUT2D eigenvalue weighted by Crippen LogP contribution is -2.52. The maximum Gasteiger partial charge on any atom is 0.185 e. The number of nitrogens with zero attached hydrogens (tertiary/aromatic N) is 4. The first-order valence-corrected chi connectivity index (χ1v) is 9.41. The molecule has 2 aliphatic heterocycles. The van der Waals surface area contributed by atoms with Crippen LogP contribution in [-0.2, 0) is 4.74 Å². The van der Waals surface area contributed by atoms with Gasteiger partial charge in [0.25, 0.3) is 0 Å². The number of rotatable bonds is 5. The molecule has 1 aromatic heterocycles. The molecule has 23 heavy (non-hydrogen) atoms. The third kappa shape index (κ3) is 4.87. The van der Waals surface area contributed by atoms with E-state index >= 15 is 0 Å². The molecular weight excluding hydrogens is 312 g/mol. The van der Waals surface area contributed by atoms with Crippen LogP contribution >= 0.6 is 11.3 Å². The minimum atomic E-state index is -0.293. The number of hydrogen-bond donors (Lipinski definition) is 1. The van der Waals surface area contributed by atoms with Gasteiger partial charge in [-0.2, -0.15) is 0 Å². The highest BCUT2D eigenvalue weighted by Gasteiger charge is 2.25. The molecule has 0 saturated carbocycles. The quantitative estimate of drug-likeness (QED) is 0.853. The smallest absolute Gasteiger partial charge is 0.185 e. The molecule has 0 bridgehead atoms. The molecule has 3 atom stereocenters. The molecule has 0 spiro atoms. The SMILES string of the molecule is C[C@@H]1CN(C[C@@H](O)CN2CCN(c3nccs3)CC2)C[C@H](C)O1. The number of piperazine rings is 1. The third-order valence-corrected chi connectivity index (χ3v) is 5.33. The molecule has 0 aliphatic carbocycles. The van der Waals surface area contributed by atoms with E-state index in [9.17, 15) is 5.11 Å². The van der Waals surface area contributed by atoms with Gasteiger partial charge in [0.15, 0.2) is 5.13 Å². The predicted octanol–water partition coefficient (Wildman–Crippen LogP) is 0.735. The predicted molar refractivity (Wildman–Crippen MR) is 93.2 cm³/mol. The molecule has 0 aromatic carbocycles. The minimum absolute atomic E-state index is 0.257. The number of aliphatic hydroxyl groups is 1. The van der Waals surface area contributed by atoms with Crippen molar-refractivity contribution in [3.05, 3.63) is 11.6 Å². The number of hydrogen-bond acceptors (Lipinski definition) is 7. The van der Waals surface area contributed by atoms with Gasteiger partial charge in [0, 0.05) is 63.9 Å². The summed E-state index contributed by atoms with van der Waals surface area (Å²) in [5.41, 5.74) is 0. The van der Waals surface area contributed by atoms with E-state index < -0.39 is 0 Å². The van der Waals surface area contributed by atoms with E-state index in [0.29, 0.717) is 0 Å². The number of morpholine rings is 1. The monoisotopic (exact) mass is 340 g/mol. The second-order valence-corrected chi connectivity index (χ2v) is 7.61. The summed E-state index contributed by atoms with van der Waals surface area (Å²) >= 11 is 1.70. The Bertz CT molecular complexity index is 455. The lowest BCUT2D eigenvalue weighted by atomic mass is 10.2. The summed E-state index contributed by atoms with van der Waals surface area (Å²) in [7, 11) is 0. The highest BCUT2D eigenvalue weighted by molar-refractivity contribution is 7.13. The molecule has 2 saturated heterocycles. The van der Waals surface area contributed by atoms with Crippen LogP contribution in [0.2, 0.25) is 0 Å². The number of ether oxygens (including phenoxy) is 1. The van der Waals surface area contributed by atoms with Crippen molar-refractivity contribution in [2.45, 2.75) is 32.2 Å². The van der Waals surface area contributed by atoms with Crippen LogP contribution in [0.1, 0.15) is 13.8 Å². The highest BCUT2D eigenvalue weighted by atomic mass is 32.1. The molecule has 0 amide bonds. The van der Waals surface area contributed by atoms with E-state index in [4.69, 9.17) is 4.74 Å². The second-order valence-electron chi connectivity index (χ2n) is 6.73. The fourth-order valence-corrected chi connectivity index (χ4v) is 4.28. The van der Waals surface area contributed by atoms with Crippen LogP contribution in [0.4, 0.5) is 5.13 Å². The van der Waals surface area contributed by atoms with Gasteiger partial charge in [0.2, 0.25) is 0 Å². The van der Waals surface area contributed by atoms with Gasteiger partial charge in [-0.15, -0.1) is 11.3 Å².